The van der Waals surface area contributed by atoms with E-state index in [2.05, 4.69) is 29.7 Å². The molecule has 0 unspecified atom stereocenters. The van der Waals surface area contributed by atoms with Gasteiger partial charge in [-0.1, -0.05) is 6.07 Å². The van der Waals surface area contributed by atoms with E-state index in [4.69, 9.17) is 16.3 Å². The van der Waals surface area contributed by atoms with E-state index < -0.39 is 0 Å². The molecule has 9 heteroatoms. The Kier molecular flexibility index (Phi) is 6.17. The van der Waals surface area contributed by atoms with E-state index in [0.717, 1.165) is 66.6 Å². The number of aryl methyl sites for hydroxylation is 1. The third-order valence-corrected chi connectivity index (χ3v) is 7.07. The number of hydrogen-bond acceptors (Lipinski definition) is 8. The third kappa shape index (κ3) is 4.67. The first-order valence-electron chi connectivity index (χ1n) is 11.2. The predicted molar refractivity (Wildman–Crippen MR) is 128 cm³/mol. The van der Waals surface area contributed by atoms with Crippen LogP contribution in [0.15, 0.2) is 24.3 Å². The molecule has 2 aliphatic rings. The fourth-order valence-corrected chi connectivity index (χ4v) is 5.26. The Bertz CT molecular complexity index is 1130. The van der Waals surface area contributed by atoms with Gasteiger partial charge in [-0.25, -0.2) is 9.83 Å². The molecule has 3 aromatic rings. The van der Waals surface area contributed by atoms with Crippen molar-refractivity contribution in [3.63, 3.8) is 0 Å². The van der Waals surface area contributed by atoms with Crippen molar-refractivity contribution in [2.24, 2.45) is 0 Å². The van der Waals surface area contributed by atoms with E-state index >= 15 is 0 Å². The Morgan fingerprint density at radius 3 is 2.66 bits per heavy atom. The van der Waals surface area contributed by atoms with E-state index in [9.17, 15) is 0 Å². The van der Waals surface area contributed by atoms with Gasteiger partial charge >= 0.3 is 0 Å². The number of fused-ring (bicyclic) bond motifs is 1. The zero-order valence-electron chi connectivity index (χ0n) is 18.2. The minimum absolute atomic E-state index is 0.362. The van der Waals surface area contributed by atoms with E-state index in [0.29, 0.717) is 23.7 Å². The second-order valence-electron chi connectivity index (χ2n) is 8.46. The summed E-state index contributed by atoms with van der Waals surface area (Å²) in [5, 5.41) is 8.77. The number of anilines is 3. The molecule has 1 aliphatic carbocycles. The Labute approximate surface area is 192 Å². The average Bonchev–Trinajstić information content (AvgIpc) is 3.24. The van der Waals surface area contributed by atoms with Gasteiger partial charge in [-0.3, -0.25) is 4.90 Å². The zero-order valence-corrected chi connectivity index (χ0v) is 19.0. The number of morpholine rings is 1. The summed E-state index contributed by atoms with van der Waals surface area (Å²) >= 11 is 1.40. The predicted octanol–water partition coefficient (Wildman–Crippen LogP) is 4.74. The maximum absolute atomic E-state index is 7.39. The molecule has 3 heterocycles. The number of ether oxygens (including phenoxy) is 1. The van der Waals surface area contributed by atoms with Gasteiger partial charge in [0.1, 0.15) is 10.8 Å². The van der Waals surface area contributed by atoms with E-state index in [1.165, 1.54) is 24.4 Å². The van der Waals surface area contributed by atoms with Crippen molar-refractivity contribution >= 4 is 44.9 Å². The fourth-order valence-electron chi connectivity index (χ4n) is 4.61. The molecular formula is C23H27N7OS. The first kappa shape index (κ1) is 21.1. The molecule has 0 radical (unpaired) electrons. The summed E-state index contributed by atoms with van der Waals surface area (Å²) in [6, 6.07) is 8.58. The van der Waals surface area contributed by atoms with Crippen LogP contribution in [0.1, 0.15) is 31.4 Å². The highest BCUT2D eigenvalue weighted by atomic mass is 32.1. The van der Waals surface area contributed by atoms with Gasteiger partial charge in [-0.05, 0) is 62.3 Å². The normalized spacial score (nSPS) is 21.9. The number of aromatic nitrogens is 3. The number of hydrogen-bond donors (Lipinski definition) is 2. The van der Waals surface area contributed by atoms with Crippen LogP contribution in [0.3, 0.4) is 0 Å². The molecule has 32 heavy (non-hydrogen) atoms. The second-order valence-corrected chi connectivity index (χ2v) is 9.27. The van der Waals surface area contributed by atoms with Crippen LogP contribution in [-0.4, -0.2) is 57.6 Å². The van der Waals surface area contributed by atoms with E-state index in [1.807, 2.05) is 25.1 Å². The summed E-state index contributed by atoms with van der Waals surface area (Å²) in [5.41, 5.74) is 2.38. The maximum Gasteiger partial charge on any atom is 0.230 e. The lowest BCUT2D eigenvalue weighted by Crippen LogP contribution is -2.46. The van der Waals surface area contributed by atoms with Gasteiger partial charge in [0.2, 0.25) is 5.95 Å². The quantitative estimate of drug-likeness (QED) is 0.545. The van der Waals surface area contributed by atoms with Gasteiger partial charge in [-0.15, -0.1) is 0 Å². The van der Waals surface area contributed by atoms with Crippen molar-refractivity contribution in [3.05, 3.63) is 41.4 Å². The third-order valence-electron chi connectivity index (χ3n) is 6.27. The molecule has 2 aromatic heterocycles. The molecule has 2 N–H and O–H groups in total. The summed E-state index contributed by atoms with van der Waals surface area (Å²) in [6.07, 6.45) is 4.57. The largest absolute Gasteiger partial charge is 0.379 e. The van der Waals surface area contributed by atoms with E-state index in [-0.39, 0.29) is 0 Å². The first-order chi connectivity index (χ1) is 15.7. The van der Waals surface area contributed by atoms with Crippen LogP contribution in [0, 0.1) is 13.5 Å². The minimum atomic E-state index is 0.362. The highest BCUT2D eigenvalue weighted by Crippen LogP contribution is 2.31. The molecule has 0 atom stereocenters. The van der Waals surface area contributed by atoms with E-state index in [1.54, 1.807) is 6.07 Å². The number of nitrogens with one attached hydrogen (secondary N) is 2. The summed E-state index contributed by atoms with van der Waals surface area (Å²) in [4.78, 5) is 15.7. The Morgan fingerprint density at radius 2 is 1.94 bits per heavy atom. The van der Waals surface area contributed by atoms with Crippen molar-refractivity contribution in [3.8, 4) is 0 Å². The van der Waals surface area contributed by atoms with Crippen molar-refractivity contribution in [1.29, 1.82) is 0 Å². The monoisotopic (exact) mass is 449 g/mol. The van der Waals surface area contributed by atoms with Crippen LogP contribution in [-0.2, 0) is 4.74 Å². The molecule has 166 valence electrons. The van der Waals surface area contributed by atoms with Crippen LogP contribution in [0.5, 0.6) is 0 Å². The topological polar surface area (TPSA) is 79.6 Å². The first-order valence-corrected chi connectivity index (χ1v) is 11.9. The van der Waals surface area contributed by atoms with Gasteiger partial charge in [-0.2, -0.15) is 9.36 Å². The number of benzene rings is 1. The maximum atomic E-state index is 7.39. The molecule has 2 fully saturated rings. The van der Waals surface area contributed by atoms with Crippen molar-refractivity contribution < 1.29 is 4.74 Å². The van der Waals surface area contributed by atoms with Gasteiger partial charge < -0.3 is 15.4 Å². The van der Waals surface area contributed by atoms with Gasteiger partial charge in [0.05, 0.1) is 31.0 Å². The van der Waals surface area contributed by atoms with Gasteiger partial charge in [0.25, 0.3) is 0 Å². The fraction of sp³-hybridized carbons (Fsp3) is 0.478. The Balaban J connectivity index is 1.36. The lowest BCUT2D eigenvalue weighted by atomic mass is 9.90. The van der Waals surface area contributed by atoms with Crippen molar-refractivity contribution in [2.75, 3.05) is 36.9 Å². The highest BCUT2D eigenvalue weighted by molar-refractivity contribution is 7.10. The zero-order chi connectivity index (χ0) is 21.9. The molecule has 1 aromatic carbocycles. The summed E-state index contributed by atoms with van der Waals surface area (Å²) in [5.74, 6) is 1.33. The van der Waals surface area contributed by atoms with Crippen LogP contribution < -0.4 is 10.6 Å². The average molecular weight is 450 g/mol. The summed E-state index contributed by atoms with van der Waals surface area (Å²) < 4.78 is 9.83. The standard InChI is InChI=1S/C23H27N7OS/c1-15-13-21(32-29-15)27-23-26-20-8-5-17(24-2)14-19(20)22(28-23)25-16-3-6-18(7-4-16)30-9-11-31-12-10-30/h5,8,13-14,16,18H,3-4,6-7,9-12H2,1H3,(H2,25,26,27,28). The Morgan fingerprint density at radius 1 is 1.12 bits per heavy atom. The number of rotatable bonds is 5. The highest BCUT2D eigenvalue weighted by Gasteiger charge is 2.27. The van der Waals surface area contributed by atoms with Crippen LogP contribution in [0.2, 0.25) is 0 Å². The molecule has 1 saturated heterocycles. The smallest absolute Gasteiger partial charge is 0.230 e. The van der Waals surface area contributed by atoms with Crippen molar-refractivity contribution in [1.82, 2.24) is 19.2 Å². The summed E-state index contributed by atoms with van der Waals surface area (Å²) in [6.45, 7) is 13.1. The second kappa shape index (κ2) is 9.36. The van der Waals surface area contributed by atoms with Crippen LogP contribution >= 0.6 is 11.5 Å². The van der Waals surface area contributed by atoms with Crippen molar-refractivity contribution in [2.45, 2.75) is 44.7 Å². The van der Waals surface area contributed by atoms with Crippen LogP contribution in [0.4, 0.5) is 22.5 Å². The molecular weight excluding hydrogens is 422 g/mol. The van der Waals surface area contributed by atoms with Gasteiger partial charge in [0.15, 0.2) is 5.69 Å². The molecule has 1 saturated carbocycles. The number of nitrogens with zero attached hydrogens (tertiary/aromatic N) is 5. The lowest BCUT2D eigenvalue weighted by Gasteiger charge is -2.39. The molecule has 0 spiro atoms. The molecule has 0 amide bonds. The Hall–Kier alpha value is -2.80. The molecule has 1 aliphatic heterocycles. The molecule has 0 bridgehead atoms. The SMILES string of the molecule is [C-]#[N+]c1ccc2nc(Nc3cc(C)ns3)nc(NC3CCC(N4CCOCC4)CC3)c2c1. The summed E-state index contributed by atoms with van der Waals surface area (Å²) in [7, 11) is 0. The molecule has 5 rings (SSSR count). The van der Waals surface area contributed by atoms with Crippen LogP contribution in [0.25, 0.3) is 15.7 Å². The van der Waals surface area contributed by atoms with Gasteiger partial charge in [0, 0.05) is 30.6 Å². The molecule has 8 nitrogen and oxygen atoms in total. The lowest BCUT2D eigenvalue weighted by molar-refractivity contribution is 0.00791. The minimum Gasteiger partial charge on any atom is -0.379 e.